The zero-order chi connectivity index (χ0) is 19.4. The SMILES string of the molecule is Cc1ccnc(NC(=O)c2ccc(S(=O)(=O)Nc3ccc(Cl)cc3)cc2)c1. The van der Waals surface area contributed by atoms with E-state index in [0.29, 0.717) is 22.1 Å². The first kappa shape index (κ1) is 18.9. The van der Waals surface area contributed by atoms with Gasteiger partial charge in [0.2, 0.25) is 0 Å². The second-order valence-electron chi connectivity index (χ2n) is 5.81. The molecule has 8 heteroatoms. The number of halogens is 1. The lowest BCUT2D eigenvalue weighted by Crippen LogP contribution is -2.15. The number of hydrogen-bond acceptors (Lipinski definition) is 4. The van der Waals surface area contributed by atoms with Crippen molar-refractivity contribution in [2.75, 3.05) is 10.0 Å². The molecule has 138 valence electrons. The maximum absolute atomic E-state index is 12.4. The molecule has 0 saturated heterocycles. The molecule has 0 aliphatic rings. The minimum absolute atomic E-state index is 0.0441. The third-order valence-electron chi connectivity index (χ3n) is 3.68. The van der Waals surface area contributed by atoms with Gasteiger partial charge < -0.3 is 5.32 Å². The Morgan fingerprint density at radius 3 is 2.30 bits per heavy atom. The van der Waals surface area contributed by atoms with Gasteiger partial charge in [-0.25, -0.2) is 13.4 Å². The van der Waals surface area contributed by atoms with Crippen LogP contribution in [-0.2, 0) is 10.0 Å². The largest absolute Gasteiger partial charge is 0.307 e. The van der Waals surface area contributed by atoms with E-state index in [1.807, 2.05) is 13.0 Å². The van der Waals surface area contributed by atoms with Gasteiger partial charge in [-0.15, -0.1) is 0 Å². The minimum Gasteiger partial charge on any atom is -0.307 e. The summed E-state index contributed by atoms with van der Waals surface area (Å²) in [6.07, 6.45) is 1.60. The average Bonchev–Trinajstić information content (AvgIpc) is 2.63. The standard InChI is InChI=1S/C19H16ClN3O3S/c1-13-10-11-21-18(12-13)22-19(24)14-2-8-17(9-3-14)27(25,26)23-16-6-4-15(20)5-7-16/h2-12,23H,1H3,(H,21,22,24). The summed E-state index contributed by atoms with van der Waals surface area (Å²) < 4.78 is 27.3. The van der Waals surface area contributed by atoms with Crippen LogP contribution in [0, 0.1) is 6.92 Å². The van der Waals surface area contributed by atoms with Crippen molar-refractivity contribution in [3.05, 3.63) is 83.0 Å². The fraction of sp³-hybridized carbons (Fsp3) is 0.0526. The first-order chi connectivity index (χ1) is 12.8. The summed E-state index contributed by atoms with van der Waals surface area (Å²) >= 11 is 5.79. The molecule has 6 nitrogen and oxygen atoms in total. The highest BCUT2D eigenvalue weighted by Gasteiger charge is 2.15. The number of hydrogen-bond donors (Lipinski definition) is 2. The van der Waals surface area contributed by atoms with E-state index < -0.39 is 10.0 Å². The fourth-order valence-electron chi connectivity index (χ4n) is 2.31. The van der Waals surface area contributed by atoms with Crippen molar-refractivity contribution < 1.29 is 13.2 Å². The minimum atomic E-state index is -3.77. The number of nitrogens with one attached hydrogen (secondary N) is 2. The van der Waals surface area contributed by atoms with E-state index in [-0.39, 0.29) is 10.8 Å². The van der Waals surface area contributed by atoms with Crippen LogP contribution in [0.2, 0.25) is 5.02 Å². The number of anilines is 2. The molecule has 0 aliphatic carbocycles. The Labute approximate surface area is 162 Å². The molecule has 2 N–H and O–H groups in total. The van der Waals surface area contributed by atoms with Crippen LogP contribution in [0.5, 0.6) is 0 Å². The number of rotatable bonds is 5. The van der Waals surface area contributed by atoms with Crippen molar-refractivity contribution in [2.24, 2.45) is 0 Å². The van der Waals surface area contributed by atoms with E-state index in [0.717, 1.165) is 5.56 Å². The molecule has 0 spiro atoms. The van der Waals surface area contributed by atoms with Gasteiger partial charge in [0.25, 0.3) is 15.9 Å². The number of sulfonamides is 1. The third kappa shape index (κ3) is 4.84. The summed E-state index contributed by atoms with van der Waals surface area (Å²) in [5, 5.41) is 3.19. The zero-order valence-corrected chi connectivity index (χ0v) is 15.9. The highest BCUT2D eigenvalue weighted by Crippen LogP contribution is 2.19. The number of amides is 1. The smallest absolute Gasteiger partial charge is 0.261 e. The summed E-state index contributed by atoms with van der Waals surface area (Å²) in [4.78, 5) is 16.4. The van der Waals surface area contributed by atoms with Gasteiger partial charge in [-0.2, -0.15) is 0 Å². The highest BCUT2D eigenvalue weighted by molar-refractivity contribution is 7.92. The first-order valence-electron chi connectivity index (χ1n) is 7.96. The normalized spacial score (nSPS) is 11.0. The van der Waals surface area contributed by atoms with Gasteiger partial charge >= 0.3 is 0 Å². The highest BCUT2D eigenvalue weighted by atomic mass is 35.5. The van der Waals surface area contributed by atoms with E-state index >= 15 is 0 Å². The second kappa shape index (κ2) is 7.77. The van der Waals surface area contributed by atoms with Crippen LogP contribution >= 0.6 is 11.6 Å². The number of aromatic nitrogens is 1. The Morgan fingerprint density at radius 2 is 1.67 bits per heavy atom. The van der Waals surface area contributed by atoms with E-state index in [1.54, 1.807) is 36.5 Å². The van der Waals surface area contributed by atoms with Gasteiger partial charge in [-0.05, 0) is 73.2 Å². The molecular weight excluding hydrogens is 386 g/mol. The van der Waals surface area contributed by atoms with Crippen molar-refractivity contribution >= 4 is 39.0 Å². The molecule has 3 aromatic rings. The van der Waals surface area contributed by atoms with E-state index in [1.165, 1.54) is 24.3 Å². The van der Waals surface area contributed by atoms with Gasteiger partial charge in [-0.1, -0.05) is 11.6 Å². The predicted octanol–water partition coefficient (Wildman–Crippen LogP) is 4.10. The lowest BCUT2D eigenvalue weighted by molar-refractivity contribution is 0.102. The van der Waals surface area contributed by atoms with Crippen LogP contribution in [0.4, 0.5) is 11.5 Å². The van der Waals surface area contributed by atoms with Gasteiger partial charge in [0, 0.05) is 22.5 Å². The lowest BCUT2D eigenvalue weighted by Gasteiger charge is -2.09. The molecule has 1 heterocycles. The van der Waals surface area contributed by atoms with Gasteiger partial charge in [0.05, 0.1) is 4.90 Å². The van der Waals surface area contributed by atoms with Crippen LogP contribution in [0.3, 0.4) is 0 Å². The Bertz CT molecular complexity index is 1070. The van der Waals surface area contributed by atoms with E-state index in [4.69, 9.17) is 11.6 Å². The Morgan fingerprint density at radius 1 is 1.00 bits per heavy atom. The van der Waals surface area contributed by atoms with Crippen LogP contribution in [0.25, 0.3) is 0 Å². The number of pyridine rings is 1. The van der Waals surface area contributed by atoms with Crippen LogP contribution in [-0.4, -0.2) is 19.3 Å². The van der Waals surface area contributed by atoms with Gasteiger partial charge in [-0.3, -0.25) is 9.52 Å². The van der Waals surface area contributed by atoms with Crippen molar-refractivity contribution in [1.82, 2.24) is 4.98 Å². The maximum Gasteiger partial charge on any atom is 0.261 e. The molecule has 27 heavy (non-hydrogen) atoms. The Hall–Kier alpha value is -2.90. The molecule has 3 rings (SSSR count). The van der Waals surface area contributed by atoms with Crippen LogP contribution in [0.15, 0.2) is 71.8 Å². The summed E-state index contributed by atoms with van der Waals surface area (Å²) in [5.74, 6) is 0.0591. The lowest BCUT2D eigenvalue weighted by atomic mass is 10.2. The number of benzene rings is 2. The van der Waals surface area contributed by atoms with Crippen molar-refractivity contribution in [2.45, 2.75) is 11.8 Å². The fourth-order valence-corrected chi connectivity index (χ4v) is 3.50. The number of aryl methyl sites for hydroxylation is 1. The molecule has 2 aromatic carbocycles. The number of carbonyl (C=O) groups is 1. The monoisotopic (exact) mass is 401 g/mol. The summed E-state index contributed by atoms with van der Waals surface area (Å²) in [6.45, 7) is 1.89. The molecule has 0 aliphatic heterocycles. The molecule has 0 bridgehead atoms. The second-order valence-corrected chi connectivity index (χ2v) is 7.93. The predicted molar refractivity (Wildman–Crippen MR) is 106 cm³/mol. The van der Waals surface area contributed by atoms with Crippen molar-refractivity contribution in [3.63, 3.8) is 0 Å². The Kier molecular flexibility index (Phi) is 5.43. The molecule has 0 atom stereocenters. The third-order valence-corrected chi connectivity index (χ3v) is 5.33. The topological polar surface area (TPSA) is 88.2 Å². The van der Waals surface area contributed by atoms with E-state index in [9.17, 15) is 13.2 Å². The van der Waals surface area contributed by atoms with Crippen molar-refractivity contribution in [3.8, 4) is 0 Å². The van der Waals surface area contributed by atoms with E-state index in [2.05, 4.69) is 15.0 Å². The number of nitrogens with zero attached hydrogens (tertiary/aromatic N) is 1. The molecular formula is C19H16ClN3O3S. The summed E-state index contributed by atoms with van der Waals surface area (Å²) in [7, 11) is -3.77. The van der Waals surface area contributed by atoms with Crippen LogP contribution in [0.1, 0.15) is 15.9 Å². The maximum atomic E-state index is 12.4. The molecule has 1 amide bonds. The first-order valence-corrected chi connectivity index (χ1v) is 9.82. The zero-order valence-electron chi connectivity index (χ0n) is 14.3. The number of carbonyl (C=O) groups excluding carboxylic acids is 1. The molecule has 0 unspecified atom stereocenters. The average molecular weight is 402 g/mol. The summed E-state index contributed by atoms with van der Waals surface area (Å²) in [5.41, 5.74) is 1.69. The summed E-state index contributed by atoms with van der Waals surface area (Å²) in [6, 6.07) is 15.5. The molecule has 1 aromatic heterocycles. The molecule has 0 saturated carbocycles. The van der Waals surface area contributed by atoms with Gasteiger partial charge in [0.1, 0.15) is 5.82 Å². The van der Waals surface area contributed by atoms with Crippen LogP contribution < -0.4 is 10.0 Å². The molecule has 0 radical (unpaired) electrons. The quantitative estimate of drug-likeness (QED) is 0.673. The molecule has 0 fully saturated rings. The Balaban J connectivity index is 1.73. The van der Waals surface area contributed by atoms with Crippen molar-refractivity contribution in [1.29, 1.82) is 0 Å². The van der Waals surface area contributed by atoms with Gasteiger partial charge in [0.15, 0.2) is 0 Å².